The van der Waals surface area contributed by atoms with E-state index in [0.29, 0.717) is 27.9 Å². The first-order valence-electron chi connectivity index (χ1n) is 5.45. The highest BCUT2D eigenvalue weighted by molar-refractivity contribution is 6.07. The Morgan fingerprint density at radius 2 is 1.68 bits per heavy atom. The van der Waals surface area contributed by atoms with Crippen molar-refractivity contribution in [3.63, 3.8) is 0 Å². The normalized spacial score (nSPS) is 11.1. The van der Waals surface area contributed by atoms with Gasteiger partial charge in [0, 0.05) is 6.07 Å². The van der Waals surface area contributed by atoms with Gasteiger partial charge in [-0.1, -0.05) is 0 Å². The fourth-order valence-electron chi connectivity index (χ4n) is 1.97. The van der Waals surface area contributed by atoms with Crippen LogP contribution in [0.5, 0.6) is 0 Å². The highest BCUT2D eigenvalue weighted by atomic mass is 16.5. The summed E-state index contributed by atoms with van der Waals surface area (Å²) in [4.78, 5) is 28.5. The predicted molar refractivity (Wildman–Crippen MR) is 65.1 cm³/mol. The van der Waals surface area contributed by atoms with Crippen LogP contribution in [-0.2, 0) is 9.47 Å². The van der Waals surface area contributed by atoms with Crippen LogP contribution >= 0.6 is 0 Å². The third-order valence-electron chi connectivity index (χ3n) is 2.85. The second kappa shape index (κ2) is 3.91. The lowest BCUT2D eigenvalue weighted by molar-refractivity contribution is 0.0586. The van der Waals surface area contributed by atoms with Crippen molar-refractivity contribution in [2.75, 3.05) is 14.2 Å². The lowest BCUT2D eigenvalue weighted by atomic mass is 10.3. The molecule has 19 heavy (non-hydrogen) atoms. The number of nitrogens with one attached hydrogen (secondary N) is 2. The van der Waals surface area contributed by atoms with E-state index in [9.17, 15) is 9.59 Å². The van der Waals surface area contributed by atoms with Gasteiger partial charge in [-0.3, -0.25) is 0 Å². The van der Waals surface area contributed by atoms with Crippen LogP contribution in [0.2, 0.25) is 0 Å². The van der Waals surface area contributed by atoms with Crippen molar-refractivity contribution < 1.29 is 23.5 Å². The minimum Gasteiger partial charge on any atom is -0.464 e. The smallest absolute Gasteiger partial charge is 0.354 e. The predicted octanol–water partition coefficient (Wildman–Crippen LogP) is 1.82. The summed E-state index contributed by atoms with van der Waals surface area (Å²) < 4.78 is 14.7. The van der Waals surface area contributed by atoms with Gasteiger partial charge in [0.15, 0.2) is 5.58 Å². The van der Waals surface area contributed by atoms with Gasteiger partial charge in [-0.15, -0.1) is 0 Å². The van der Waals surface area contributed by atoms with E-state index < -0.39 is 11.9 Å². The Morgan fingerprint density at radius 1 is 1.05 bits per heavy atom. The van der Waals surface area contributed by atoms with E-state index >= 15 is 0 Å². The Bertz CT molecular complexity index is 727. The molecule has 0 atom stereocenters. The minimum absolute atomic E-state index is 0.285. The maximum absolute atomic E-state index is 11.4. The summed E-state index contributed by atoms with van der Waals surface area (Å²) in [5.41, 5.74) is 2.16. The molecule has 0 amide bonds. The number of aromatic nitrogens is 2. The molecule has 0 aliphatic rings. The third-order valence-corrected chi connectivity index (χ3v) is 2.85. The van der Waals surface area contributed by atoms with Crippen molar-refractivity contribution in [2.45, 2.75) is 0 Å². The van der Waals surface area contributed by atoms with Crippen molar-refractivity contribution >= 4 is 34.1 Å². The Balaban J connectivity index is 2.16. The number of furan rings is 1. The van der Waals surface area contributed by atoms with E-state index in [2.05, 4.69) is 19.4 Å². The summed E-state index contributed by atoms with van der Waals surface area (Å²) in [6.07, 6.45) is 0. The Hall–Kier alpha value is -2.70. The van der Waals surface area contributed by atoms with E-state index in [0.717, 1.165) is 0 Å². The Kier molecular flexibility index (Phi) is 2.34. The van der Waals surface area contributed by atoms with E-state index in [4.69, 9.17) is 4.42 Å². The van der Waals surface area contributed by atoms with Crippen LogP contribution in [0, 0.1) is 0 Å². The molecule has 3 rings (SSSR count). The van der Waals surface area contributed by atoms with Crippen molar-refractivity contribution in [2.24, 2.45) is 0 Å². The molecule has 0 unspecified atom stereocenters. The fraction of sp³-hybridized carbons (Fsp3) is 0.167. The molecule has 2 N–H and O–H groups in total. The minimum atomic E-state index is -0.487. The van der Waals surface area contributed by atoms with Gasteiger partial charge in [0.25, 0.3) is 0 Å². The number of hydrogen-bond acceptors (Lipinski definition) is 5. The van der Waals surface area contributed by atoms with E-state index in [1.54, 1.807) is 12.1 Å². The van der Waals surface area contributed by atoms with Gasteiger partial charge >= 0.3 is 11.9 Å². The number of hydrogen-bond donors (Lipinski definition) is 2. The lowest BCUT2D eigenvalue weighted by Crippen LogP contribution is -2.00. The summed E-state index contributed by atoms with van der Waals surface area (Å²) >= 11 is 0. The summed E-state index contributed by atoms with van der Waals surface area (Å²) in [6, 6.07) is 3.15. The van der Waals surface area contributed by atoms with Crippen LogP contribution < -0.4 is 0 Å². The third kappa shape index (κ3) is 1.59. The average molecular weight is 262 g/mol. The summed E-state index contributed by atoms with van der Waals surface area (Å²) in [5.74, 6) is -0.970. The van der Waals surface area contributed by atoms with Gasteiger partial charge in [-0.2, -0.15) is 0 Å². The van der Waals surface area contributed by atoms with Gasteiger partial charge in [-0.05, 0) is 6.07 Å². The first kappa shape index (κ1) is 11.4. The number of esters is 2. The summed E-state index contributed by atoms with van der Waals surface area (Å²) in [7, 11) is 2.59. The van der Waals surface area contributed by atoms with Gasteiger partial charge in [-0.25, -0.2) is 9.59 Å². The standard InChI is InChI=1S/C12H10N2O5/c1-17-11(15)6-3-5-9-8(19-10(5)14-6)4-7(13-9)12(16)18-2/h3-4,13-14H,1-2H3. The Labute approximate surface area is 106 Å². The van der Waals surface area contributed by atoms with Crippen molar-refractivity contribution in [3.05, 3.63) is 23.5 Å². The molecule has 3 aromatic rings. The number of ether oxygens (including phenoxy) is 2. The van der Waals surface area contributed by atoms with Crippen molar-refractivity contribution in [1.29, 1.82) is 0 Å². The lowest BCUT2D eigenvalue weighted by Gasteiger charge is -1.92. The van der Waals surface area contributed by atoms with Crippen molar-refractivity contribution in [1.82, 2.24) is 9.97 Å². The molecule has 7 heteroatoms. The van der Waals surface area contributed by atoms with Crippen LogP contribution in [0.3, 0.4) is 0 Å². The number of methoxy groups -OCH3 is 2. The molecule has 7 nitrogen and oxygen atoms in total. The quantitative estimate of drug-likeness (QED) is 0.686. The SMILES string of the molecule is COC(=O)c1cc2c([nH]1)oc1cc(C(=O)OC)[nH]c12. The van der Waals surface area contributed by atoms with Gasteiger partial charge in [0.1, 0.15) is 11.4 Å². The van der Waals surface area contributed by atoms with Crippen LogP contribution in [0.25, 0.3) is 22.2 Å². The number of carbonyl (C=O) groups is 2. The molecule has 0 radical (unpaired) electrons. The summed E-state index contributed by atoms with van der Waals surface area (Å²) in [6.45, 7) is 0. The molecular weight excluding hydrogens is 252 g/mol. The first-order chi connectivity index (χ1) is 9.13. The average Bonchev–Trinajstić information content (AvgIpc) is 3.06. The topological polar surface area (TPSA) is 97.3 Å². The number of aromatic amines is 2. The second-order valence-corrected chi connectivity index (χ2v) is 3.93. The summed E-state index contributed by atoms with van der Waals surface area (Å²) in [5, 5.41) is 0.672. The largest absolute Gasteiger partial charge is 0.464 e. The molecular formula is C12H10N2O5. The van der Waals surface area contributed by atoms with Crippen LogP contribution in [0.1, 0.15) is 21.0 Å². The van der Waals surface area contributed by atoms with Gasteiger partial charge in [0.2, 0.25) is 5.71 Å². The van der Waals surface area contributed by atoms with E-state index in [1.165, 1.54) is 14.2 Å². The highest BCUT2D eigenvalue weighted by Crippen LogP contribution is 2.29. The fourth-order valence-corrected chi connectivity index (χ4v) is 1.97. The molecule has 98 valence electrons. The number of rotatable bonds is 2. The van der Waals surface area contributed by atoms with Crippen molar-refractivity contribution in [3.8, 4) is 0 Å². The molecule has 0 fully saturated rings. The maximum Gasteiger partial charge on any atom is 0.354 e. The molecule has 0 saturated carbocycles. The maximum atomic E-state index is 11.4. The second-order valence-electron chi connectivity index (χ2n) is 3.93. The first-order valence-corrected chi connectivity index (χ1v) is 5.45. The number of H-pyrrole nitrogens is 2. The zero-order chi connectivity index (χ0) is 13.6. The molecule has 0 aliphatic heterocycles. The Morgan fingerprint density at radius 3 is 2.32 bits per heavy atom. The van der Waals surface area contributed by atoms with Gasteiger partial charge < -0.3 is 23.9 Å². The van der Waals surface area contributed by atoms with E-state index in [1.807, 2.05) is 0 Å². The highest BCUT2D eigenvalue weighted by Gasteiger charge is 2.19. The zero-order valence-electron chi connectivity index (χ0n) is 10.2. The number of carbonyl (C=O) groups excluding carboxylic acids is 2. The molecule has 3 heterocycles. The van der Waals surface area contributed by atoms with Gasteiger partial charge in [0.05, 0.1) is 25.1 Å². The molecule has 0 spiro atoms. The van der Waals surface area contributed by atoms with Crippen LogP contribution in [0.15, 0.2) is 16.5 Å². The van der Waals surface area contributed by atoms with Crippen LogP contribution in [-0.4, -0.2) is 36.1 Å². The van der Waals surface area contributed by atoms with Crippen LogP contribution in [0.4, 0.5) is 0 Å². The number of fused-ring (bicyclic) bond motifs is 3. The zero-order valence-corrected chi connectivity index (χ0v) is 10.2. The monoisotopic (exact) mass is 262 g/mol. The molecule has 0 saturated heterocycles. The molecule has 0 bridgehead atoms. The van der Waals surface area contributed by atoms with E-state index in [-0.39, 0.29) is 5.69 Å². The molecule has 3 aromatic heterocycles. The molecule has 0 aliphatic carbocycles. The molecule has 0 aromatic carbocycles.